The number of benzene rings is 1. The molecule has 0 aliphatic heterocycles. The van der Waals surface area contributed by atoms with Crippen molar-refractivity contribution in [3.8, 4) is 16.9 Å². The third-order valence-corrected chi connectivity index (χ3v) is 7.03. The van der Waals surface area contributed by atoms with Crippen LogP contribution in [0.4, 0.5) is 0 Å². The number of rotatable bonds is 7. The average Bonchev–Trinajstić information content (AvgIpc) is 2.65. The summed E-state index contributed by atoms with van der Waals surface area (Å²) in [7, 11) is -2.33. The van der Waals surface area contributed by atoms with Crippen LogP contribution in [-0.2, 0) is 21.2 Å². The van der Waals surface area contributed by atoms with Gasteiger partial charge in [-0.15, -0.1) is 0 Å². The Morgan fingerprint density at radius 2 is 1.93 bits per heavy atom. The summed E-state index contributed by atoms with van der Waals surface area (Å²) in [5.74, 6) is -0.534. The molecule has 8 nitrogen and oxygen atoms in total. The van der Waals surface area contributed by atoms with Gasteiger partial charge in [0, 0.05) is 25.1 Å². The van der Waals surface area contributed by atoms with Gasteiger partial charge >= 0.3 is 0 Å². The molecule has 0 fully saturated rings. The zero-order valence-corrected chi connectivity index (χ0v) is 17.2. The van der Waals surface area contributed by atoms with Gasteiger partial charge in [0.2, 0.25) is 0 Å². The van der Waals surface area contributed by atoms with Gasteiger partial charge in [-0.05, 0) is 42.7 Å². The number of aryl methyl sites for hydroxylation is 1. The molecule has 1 atom stereocenters. The highest BCUT2D eigenvalue weighted by Crippen LogP contribution is 2.29. The Labute approximate surface area is 167 Å². The van der Waals surface area contributed by atoms with E-state index in [4.69, 9.17) is 21.5 Å². The highest BCUT2D eigenvalue weighted by atomic mass is 35.5. The lowest BCUT2D eigenvalue weighted by Crippen LogP contribution is -2.49. The molecule has 1 aromatic carbocycles. The van der Waals surface area contributed by atoms with E-state index in [1.807, 2.05) is 0 Å². The molecule has 1 amide bonds. The van der Waals surface area contributed by atoms with Crippen molar-refractivity contribution < 1.29 is 23.2 Å². The van der Waals surface area contributed by atoms with Crippen LogP contribution in [0.3, 0.4) is 0 Å². The summed E-state index contributed by atoms with van der Waals surface area (Å²) in [5.41, 5.74) is 2.36. The van der Waals surface area contributed by atoms with Crippen LogP contribution in [-0.4, -0.2) is 42.2 Å². The smallest absolute Gasteiger partial charge is 0.264 e. The summed E-state index contributed by atoms with van der Waals surface area (Å²) >= 11 is 6.11. The maximum absolute atomic E-state index is 12.4. The Kier molecular flexibility index (Phi) is 6.53. The van der Waals surface area contributed by atoms with E-state index >= 15 is 0 Å². The fraction of sp³-hybridized carbons (Fsp3) is 0.333. The molecule has 0 saturated heterocycles. The molecule has 0 bridgehead atoms. The van der Waals surface area contributed by atoms with Gasteiger partial charge in [0.25, 0.3) is 11.5 Å². The third kappa shape index (κ3) is 4.37. The molecular weight excluding hydrogens is 408 g/mol. The number of carbonyl (C=O) groups excluding carboxylic acids is 1. The number of sulfone groups is 1. The van der Waals surface area contributed by atoms with Crippen molar-refractivity contribution >= 4 is 27.3 Å². The van der Waals surface area contributed by atoms with Gasteiger partial charge in [-0.1, -0.05) is 17.7 Å². The van der Waals surface area contributed by atoms with E-state index < -0.39 is 20.5 Å². The molecule has 2 N–H and O–H groups in total. The summed E-state index contributed by atoms with van der Waals surface area (Å²) in [5, 5.41) is 9.26. The van der Waals surface area contributed by atoms with Crippen LogP contribution < -0.4 is 15.8 Å². The minimum Gasteiger partial charge on any atom is -0.495 e. The van der Waals surface area contributed by atoms with E-state index in [9.17, 15) is 18.0 Å². The molecule has 0 aliphatic rings. The second-order valence-electron chi connectivity index (χ2n) is 6.49. The first-order chi connectivity index (χ1) is 13.0. The number of hydroxylamine groups is 1. The summed E-state index contributed by atoms with van der Waals surface area (Å²) in [6, 6.07) is 8.20. The number of nitrogens with zero attached hydrogens (tertiary/aromatic N) is 1. The fourth-order valence-electron chi connectivity index (χ4n) is 2.64. The number of halogens is 1. The van der Waals surface area contributed by atoms with Gasteiger partial charge in [0.1, 0.15) is 5.75 Å². The van der Waals surface area contributed by atoms with Gasteiger partial charge in [-0.3, -0.25) is 14.8 Å². The highest BCUT2D eigenvalue weighted by molar-refractivity contribution is 7.92. The number of aromatic nitrogens is 1. The first kappa shape index (κ1) is 21.9. The Morgan fingerprint density at radius 3 is 2.43 bits per heavy atom. The topological polar surface area (TPSA) is 115 Å². The number of hydrogen-bond donors (Lipinski definition) is 2. The highest BCUT2D eigenvalue weighted by Gasteiger charge is 2.43. The Balaban J connectivity index is 2.29. The van der Waals surface area contributed by atoms with Crippen molar-refractivity contribution in [2.24, 2.45) is 0 Å². The first-order valence-electron chi connectivity index (χ1n) is 8.22. The van der Waals surface area contributed by atoms with Crippen LogP contribution in [0.15, 0.2) is 41.3 Å². The predicted octanol–water partition coefficient (Wildman–Crippen LogP) is 1.88. The molecule has 0 saturated carbocycles. The van der Waals surface area contributed by atoms with Gasteiger partial charge in [-0.2, -0.15) is 0 Å². The zero-order valence-electron chi connectivity index (χ0n) is 15.6. The van der Waals surface area contributed by atoms with Crippen molar-refractivity contribution in [1.29, 1.82) is 0 Å². The van der Waals surface area contributed by atoms with Crippen LogP contribution in [0, 0.1) is 0 Å². The van der Waals surface area contributed by atoms with Crippen molar-refractivity contribution in [3.05, 3.63) is 51.9 Å². The van der Waals surface area contributed by atoms with Gasteiger partial charge in [0.05, 0.1) is 12.1 Å². The number of nitrogens with one attached hydrogen (secondary N) is 1. The Hall–Kier alpha value is -2.36. The molecule has 28 heavy (non-hydrogen) atoms. The third-order valence-electron chi connectivity index (χ3n) is 4.71. The number of pyridine rings is 1. The standard InChI is InChI=1S/C18H21ClN2O6S/c1-18(17(23)20-24,28(3,25)26)7-9-21-8-6-13(11-16(21)22)12-4-5-15(27-2)14(19)10-12/h4-6,8,10-11,24H,7,9H2,1-3H3,(H,20,23)/t18-/m1/s1. The molecule has 2 aromatic rings. The van der Waals surface area contributed by atoms with E-state index in [0.717, 1.165) is 11.8 Å². The maximum Gasteiger partial charge on any atom is 0.264 e. The zero-order chi connectivity index (χ0) is 21.1. The van der Waals surface area contributed by atoms with Crippen LogP contribution in [0.25, 0.3) is 11.1 Å². The van der Waals surface area contributed by atoms with Crippen molar-refractivity contribution in [2.45, 2.75) is 24.6 Å². The van der Waals surface area contributed by atoms with Gasteiger partial charge in [0.15, 0.2) is 14.6 Å². The predicted molar refractivity (Wildman–Crippen MR) is 105 cm³/mol. The molecule has 0 radical (unpaired) electrons. The van der Waals surface area contributed by atoms with E-state index in [1.54, 1.807) is 24.3 Å². The van der Waals surface area contributed by atoms with Crippen molar-refractivity contribution in [2.75, 3.05) is 13.4 Å². The SMILES string of the molecule is COc1ccc(-c2ccn(CC[C@](C)(C(=O)NO)S(C)(=O)=O)c(=O)c2)cc1Cl. The summed E-state index contributed by atoms with van der Waals surface area (Å²) in [6.07, 6.45) is 2.22. The number of carbonyl (C=O) groups is 1. The molecule has 0 spiro atoms. The molecule has 152 valence electrons. The van der Waals surface area contributed by atoms with Crippen molar-refractivity contribution in [1.82, 2.24) is 10.0 Å². The average molecular weight is 429 g/mol. The first-order valence-corrected chi connectivity index (χ1v) is 10.5. The molecule has 1 heterocycles. The fourth-order valence-corrected chi connectivity index (χ4v) is 3.74. The number of amides is 1. The van der Waals surface area contributed by atoms with E-state index in [-0.39, 0.29) is 18.5 Å². The summed E-state index contributed by atoms with van der Waals surface area (Å²) in [4.78, 5) is 24.3. The number of methoxy groups -OCH3 is 1. The second kappa shape index (κ2) is 8.34. The molecule has 2 rings (SSSR count). The molecule has 0 aliphatic carbocycles. The minimum atomic E-state index is -3.84. The quantitative estimate of drug-likeness (QED) is 0.514. The second-order valence-corrected chi connectivity index (χ2v) is 9.34. The van der Waals surface area contributed by atoms with E-state index in [1.165, 1.54) is 36.3 Å². The van der Waals surface area contributed by atoms with Gasteiger partial charge < -0.3 is 9.30 Å². The lowest BCUT2D eigenvalue weighted by atomic mass is 10.1. The maximum atomic E-state index is 12.4. The summed E-state index contributed by atoms with van der Waals surface area (Å²) in [6.45, 7) is 1.17. The van der Waals surface area contributed by atoms with E-state index in [0.29, 0.717) is 16.3 Å². The van der Waals surface area contributed by atoms with Crippen LogP contribution >= 0.6 is 11.6 Å². The molecular formula is C18H21ClN2O6S. The Bertz CT molecular complexity index is 1050. The number of hydrogen-bond acceptors (Lipinski definition) is 6. The van der Waals surface area contributed by atoms with Crippen LogP contribution in [0.1, 0.15) is 13.3 Å². The molecule has 10 heteroatoms. The Morgan fingerprint density at radius 1 is 1.29 bits per heavy atom. The van der Waals surface area contributed by atoms with Crippen LogP contribution in [0.2, 0.25) is 5.02 Å². The minimum absolute atomic E-state index is 0.0283. The van der Waals surface area contributed by atoms with E-state index in [2.05, 4.69) is 0 Å². The normalized spacial score (nSPS) is 13.6. The molecule has 0 unspecified atom stereocenters. The lowest BCUT2D eigenvalue weighted by molar-refractivity contribution is -0.131. The summed E-state index contributed by atoms with van der Waals surface area (Å²) < 4.78 is 28.5. The monoisotopic (exact) mass is 428 g/mol. The lowest BCUT2D eigenvalue weighted by Gasteiger charge is -2.25. The largest absolute Gasteiger partial charge is 0.495 e. The number of ether oxygens (including phenoxy) is 1. The molecule has 1 aromatic heterocycles. The van der Waals surface area contributed by atoms with Crippen molar-refractivity contribution in [3.63, 3.8) is 0 Å². The van der Waals surface area contributed by atoms with Crippen LogP contribution in [0.5, 0.6) is 5.75 Å². The van der Waals surface area contributed by atoms with Gasteiger partial charge in [-0.25, -0.2) is 13.9 Å².